The summed E-state index contributed by atoms with van der Waals surface area (Å²) < 4.78 is 10.5. The molecular weight excluding hydrogens is 294 g/mol. The molecule has 0 spiro atoms. The average molecular weight is 307 g/mol. The van der Waals surface area contributed by atoms with E-state index in [2.05, 4.69) is 10.5 Å². The Morgan fingerprint density at radius 1 is 1.22 bits per heavy atom. The lowest BCUT2D eigenvalue weighted by molar-refractivity contribution is -0.121. The maximum atomic E-state index is 12.1. The van der Waals surface area contributed by atoms with Crippen LogP contribution in [0.3, 0.4) is 0 Å². The first-order valence-corrected chi connectivity index (χ1v) is 6.95. The van der Waals surface area contributed by atoms with Crippen molar-refractivity contribution in [3.05, 3.63) is 59.7 Å². The Kier molecular flexibility index (Phi) is 4.20. The summed E-state index contributed by atoms with van der Waals surface area (Å²) in [5.41, 5.74) is 3.77. The number of hydrazone groups is 1. The number of benzene rings is 2. The Hall–Kier alpha value is -3.33. The minimum absolute atomic E-state index is 0.202. The fourth-order valence-corrected chi connectivity index (χ4v) is 2.16. The Morgan fingerprint density at radius 2 is 2.00 bits per heavy atom. The van der Waals surface area contributed by atoms with Crippen molar-refractivity contribution >= 4 is 12.1 Å². The van der Waals surface area contributed by atoms with Crippen LogP contribution >= 0.6 is 0 Å². The Labute approximate surface area is 133 Å². The van der Waals surface area contributed by atoms with Crippen molar-refractivity contribution in [2.75, 3.05) is 6.79 Å². The molecule has 0 saturated heterocycles. The van der Waals surface area contributed by atoms with E-state index in [-0.39, 0.29) is 6.79 Å². The predicted molar refractivity (Wildman–Crippen MR) is 83.1 cm³/mol. The van der Waals surface area contributed by atoms with E-state index < -0.39 is 11.8 Å². The van der Waals surface area contributed by atoms with Gasteiger partial charge in [0.15, 0.2) is 17.4 Å². The normalized spacial score (nSPS) is 13.5. The Morgan fingerprint density at radius 3 is 2.78 bits per heavy atom. The number of nitrogens with zero attached hydrogens (tertiary/aromatic N) is 2. The summed E-state index contributed by atoms with van der Waals surface area (Å²) in [6.45, 7) is 0.202. The lowest BCUT2D eigenvalue weighted by Crippen LogP contribution is -2.24. The van der Waals surface area contributed by atoms with Gasteiger partial charge >= 0.3 is 0 Å². The van der Waals surface area contributed by atoms with Crippen LogP contribution in [0, 0.1) is 11.3 Å². The second-order valence-corrected chi connectivity index (χ2v) is 4.82. The third-order valence-corrected chi connectivity index (χ3v) is 3.31. The molecule has 0 aromatic heterocycles. The number of amides is 1. The van der Waals surface area contributed by atoms with Crippen molar-refractivity contribution in [2.24, 2.45) is 5.10 Å². The lowest BCUT2D eigenvalue weighted by atomic mass is 10.0. The van der Waals surface area contributed by atoms with Crippen molar-refractivity contribution < 1.29 is 14.3 Å². The second-order valence-electron chi connectivity index (χ2n) is 4.82. The van der Waals surface area contributed by atoms with Crippen LogP contribution in [0.5, 0.6) is 11.5 Å². The smallest absolute Gasteiger partial charge is 0.261 e. The van der Waals surface area contributed by atoms with Gasteiger partial charge in [0.1, 0.15) is 0 Å². The first-order valence-electron chi connectivity index (χ1n) is 6.95. The Bertz CT molecular complexity index is 781. The number of carbonyl (C=O) groups is 1. The zero-order valence-electron chi connectivity index (χ0n) is 12.1. The van der Waals surface area contributed by atoms with E-state index in [1.165, 1.54) is 6.21 Å². The van der Waals surface area contributed by atoms with Crippen LogP contribution in [0.15, 0.2) is 53.6 Å². The Balaban J connectivity index is 1.65. The van der Waals surface area contributed by atoms with E-state index >= 15 is 0 Å². The summed E-state index contributed by atoms with van der Waals surface area (Å²) in [7, 11) is 0. The number of hydrogen-bond donors (Lipinski definition) is 1. The van der Waals surface area contributed by atoms with Crippen molar-refractivity contribution in [3.63, 3.8) is 0 Å². The van der Waals surface area contributed by atoms with Crippen molar-refractivity contribution in [2.45, 2.75) is 5.92 Å². The monoisotopic (exact) mass is 307 g/mol. The van der Waals surface area contributed by atoms with Gasteiger partial charge in [-0.25, -0.2) is 5.43 Å². The highest BCUT2D eigenvalue weighted by Crippen LogP contribution is 2.31. The lowest BCUT2D eigenvalue weighted by Gasteiger charge is -2.07. The first kappa shape index (κ1) is 14.6. The maximum Gasteiger partial charge on any atom is 0.261 e. The van der Waals surface area contributed by atoms with E-state index in [0.29, 0.717) is 17.1 Å². The molecule has 3 rings (SSSR count). The van der Waals surface area contributed by atoms with Gasteiger partial charge in [0.05, 0.1) is 12.3 Å². The molecule has 0 saturated carbocycles. The zero-order chi connectivity index (χ0) is 16.1. The van der Waals surface area contributed by atoms with E-state index in [1.54, 1.807) is 42.5 Å². The standard InChI is InChI=1S/C17H13N3O3/c18-9-14(13-4-2-1-3-5-13)17(21)20-19-10-12-6-7-15-16(8-12)23-11-22-15/h1-8,10,14H,11H2,(H,20,21)/b19-10-/t14-/m0/s1. The molecule has 2 aromatic carbocycles. The number of carbonyl (C=O) groups excluding carboxylic acids is 1. The third kappa shape index (κ3) is 3.30. The minimum atomic E-state index is -0.898. The van der Waals surface area contributed by atoms with Crippen LogP contribution in [0.2, 0.25) is 0 Å². The molecule has 23 heavy (non-hydrogen) atoms. The summed E-state index contributed by atoms with van der Waals surface area (Å²) in [4.78, 5) is 12.1. The molecule has 0 fully saturated rings. The first-order chi connectivity index (χ1) is 11.3. The fourth-order valence-electron chi connectivity index (χ4n) is 2.16. The van der Waals surface area contributed by atoms with Crippen LogP contribution in [0.4, 0.5) is 0 Å². The van der Waals surface area contributed by atoms with Crippen molar-refractivity contribution in [1.29, 1.82) is 5.26 Å². The zero-order valence-corrected chi connectivity index (χ0v) is 12.1. The van der Waals surface area contributed by atoms with Gasteiger partial charge in [-0.3, -0.25) is 4.79 Å². The highest BCUT2D eigenvalue weighted by Gasteiger charge is 2.19. The molecule has 0 aliphatic carbocycles. The maximum absolute atomic E-state index is 12.1. The van der Waals surface area contributed by atoms with Crippen LogP contribution in [-0.4, -0.2) is 18.9 Å². The molecule has 6 heteroatoms. The quantitative estimate of drug-likeness (QED) is 0.693. The highest BCUT2D eigenvalue weighted by molar-refractivity contribution is 5.88. The third-order valence-electron chi connectivity index (χ3n) is 3.31. The molecule has 0 radical (unpaired) electrons. The molecule has 1 N–H and O–H groups in total. The van der Waals surface area contributed by atoms with Gasteiger partial charge in [-0.15, -0.1) is 0 Å². The van der Waals surface area contributed by atoms with E-state index in [4.69, 9.17) is 9.47 Å². The van der Waals surface area contributed by atoms with Gasteiger partial charge in [0, 0.05) is 0 Å². The van der Waals surface area contributed by atoms with Gasteiger partial charge in [-0.2, -0.15) is 10.4 Å². The number of rotatable bonds is 4. The molecule has 114 valence electrons. The molecule has 0 bridgehead atoms. The molecule has 1 heterocycles. The van der Waals surface area contributed by atoms with Gasteiger partial charge in [0.2, 0.25) is 6.79 Å². The topological polar surface area (TPSA) is 83.7 Å². The van der Waals surface area contributed by atoms with Crippen LogP contribution in [0.25, 0.3) is 0 Å². The second kappa shape index (κ2) is 6.62. The number of hydrogen-bond acceptors (Lipinski definition) is 5. The predicted octanol–water partition coefficient (Wildman–Crippen LogP) is 2.17. The molecular formula is C17H13N3O3. The number of nitrogens with one attached hydrogen (secondary N) is 1. The molecule has 1 atom stereocenters. The van der Waals surface area contributed by atoms with Gasteiger partial charge in [0.25, 0.3) is 5.91 Å². The largest absolute Gasteiger partial charge is 0.454 e. The van der Waals surface area contributed by atoms with E-state index in [0.717, 1.165) is 5.56 Å². The molecule has 2 aromatic rings. The van der Waals surface area contributed by atoms with Crippen LogP contribution in [0.1, 0.15) is 17.0 Å². The fraction of sp³-hybridized carbons (Fsp3) is 0.118. The van der Waals surface area contributed by atoms with Gasteiger partial charge in [-0.05, 0) is 29.3 Å². The molecule has 1 aliphatic heterocycles. The summed E-state index contributed by atoms with van der Waals surface area (Å²) in [6, 6.07) is 16.2. The van der Waals surface area contributed by atoms with E-state index in [9.17, 15) is 10.1 Å². The number of ether oxygens (including phenoxy) is 2. The number of fused-ring (bicyclic) bond motifs is 1. The van der Waals surface area contributed by atoms with Gasteiger partial charge < -0.3 is 9.47 Å². The molecule has 0 unspecified atom stereocenters. The summed E-state index contributed by atoms with van der Waals surface area (Å²) in [6.07, 6.45) is 1.49. The van der Waals surface area contributed by atoms with Crippen LogP contribution in [-0.2, 0) is 4.79 Å². The summed E-state index contributed by atoms with van der Waals surface area (Å²) in [5.74, 6) is -0.0555. The van der Waals surface area contributed by atoms with Gasteiger partial charge in [-0.1, -0.05) is 30.3 Å². The highest BCUT2D eigenvalue weighted by atomic mass is 16.7. The van der Waals surface area contributed by atoms with Crippen molar-refractivity contribution in [1.82, 2.24) is 5.43 Å². The van der Waals surface area contributed by atoms with Crippen LogP contribution < -0.4 is 14.9 Å². The summed E-state index contributed by atoms with van der Waals surface area (Å²) >= 11 is 0. The minimum Gasteiger partial charge on any atom is -0.454 e. The molecule has 1 aliphatic rings. The van der Waals surface area contributed by atoms with Crippen molar-refractivity contribution in [3.8, 4) is 17.6 Å². The summed E-state index contributed by atoms with van der Waals surface area (Å²) in [5, 5.41) is 13.1. The average Bonchev–Trinajstić information content (AvgIpc) is 3.04. The SMILES string of the molecule is N#C[C@H](C(=O)N/N=C\c1ccc2c(c1)OCO2)c1ccccc1. The van der Waals surface area contributed by atoms with E-state index in [1.807, 2.05) is 12.1 Å². The number of nitriles is 1. The molecule has 6 nitrogen and oxygen atoms in total. The molecule has 1 amide bonds.